The SMILES string of the molecule is COc1ccc(Oc2c(O)c3cc(-c4ccc5c(ccn5C)c4)c(Cl)cc3[nH]c2=O)cc1. The van der Waals surface area contributed by atoms with E-state index in [1.807, 2.05) is 42.1 Å². The molecule has 0 aliphatic rings. The van der Waals surface area contributed by atoms with Gasteiger partial charge in [-0.05, 0) is 60.2 Å². The Morgan fingerprint density at radius 3 is 2.50 bits per heavy atom. The second-order valence-electron chi connectivity index (χ2n) is 7.49. The molecule has 0 saturated carbocycles. The molecule has 0 unspecified atom stereocenters. The molecule has 5 aromatic rings. The van der Waals surface area contributed by atoms with E-state index in [0.717, 1.165) is 22.0 Å². The molecule has 6 nitrogen and oxygen atoms in total. The number of hydrogen-bond acceptors (Lipinski definition) is 4. The van der Waals surface area contributed by atoms with Crippen LogP contribution in [-0.4, -0.2) is 21.8 Å². The van der Waals surface area contributed by atoms with Crippen LogP contribution in [0.25, 0.3) is 32.9 Å². The molecular weight excluding hydrogens is 428 g/mol. The second kappa shape index (κ2) is 7.66. The van der Waals surface area contributed by atoms with E-state index in [9.17, 15) is 9.90 Å². The third kappa shape index (κ3) is 3.35. The number of halogens is 1. The van der Waals surface area contributed by atoms with Crippen molar-refractivity contribution in [3.05, 3.63) is 82.2 Å². The largest absolute Gasteiger partial charge is 0.504 e. The lowest BCUT2D eigenvalue weighted by molar-refractivity contribution is 0.404. The maximum Gasteiger partial charge on any atom is 0.295 e. The first-order chi connectivity index (χ1) is 15.4. The van der Waals surface area contributed by atoms with E-state index < -0.39 is 5.56 Å². The van der Waals surface area contributed by atoms with Gasteiger partial charge in [-0.15, -0.1) is 0 Å². The molecule has 0 aliphatic heterocycles. The molecular formula is C25H19ClN2O4. The normalized spacial score (nSPS) is 11.2. The summed E-state index contributed by atoms with van der Waals surface area (Å²) in [4.78, 5) is 15.3. The molecule has 160 valence electrons. The predicted octanol–water partition coefficient (Wildman–Crippen LogP) is 5.85. The summed E-state index contributed by atoms with van der Waals surface area (Å²) >= 11 is 6.54. The van der Waals surface area contributed by atoms with Crippen LogP contribution in [-0.2, 0) is 7.05 Å². The molecule has 0 aliphatic carbocycles. The van der Waals surface area contributed by atoms with Gasteiger partial charge in [0.05, 0.1) is 17.6 Å². The van der Waals surface area contributed by atoms with Crippen molar-refractivity contribution in [1.82, 2.24) is 9.55 Å². The van der Waals surface area contributed by atoms with Gasteiger partial charge < -0.3 is 24.1 Å². The van der Waals surface area contributed by atoms with Crippen LogP contribution >= 0.6 is 11.6 Å². The Bertz CT molecular complexity index is 1530. The number of rotatable bonds is 4. The van der Waals surface area contributed by atoms with Crippen LogP contribution in [0.1, 0.15) is 0 Å². The molecule has 2 heterocycles. The van der Waals surface area contributed by atoms with Gasteiger partial charge in [0, 0.05) is 35.1 Å². The van der Waals surface area contributed by atoms with Crippen LogP contribution in [0, 0.1) is 0 Å². The highest BCUT2D eigenvalue weighted by Gasteiger charge is 2.17. The molecule has 0 bridgehead atoms. The Hall–Kier alpha value is -3.90. The zero-order valence-corrected chi connectivity index (χ0v) is 18.1. The van der Waals surface area contributed by atoms with Crippen LogP contribution in [0.3, 0.4) is 0 Å². The van der Waals surface area contributed by atoms with Crippen LogP contribution < -0.4 is 15.0 Å². The average Bonchev–Trinajstić information content (AvgIpc) is 3.17. The Morgan fingerprint density at radius 2 is 1.75 bits per heavy atom. The lowest BCUT2D eigenvalue weighted by atomic mass is 10.0. The van der Waals surface area contributed by atoms with Crippen molar-refractivity contribution in [2.24, 2.45) is 7.05 Å². The predicted molar refractivity (Wildman–Crippen MR) is 126 cm³/mol. The van der Waals surface area contributed by atoms with E-state index in [1.165, 1.54) is 0 Å². The number of aromatic nitrogens is 2. The average molecular weight is 447 g/mol. The van der Waals surface area contributed by atoms with Crippen molar-refractivity contribution in [2.45, 2.75) is 0 Å². The number of aromatic hydroxyl groups is 1. The molecule has 0 radical (unpaired) electrons. The number of hydrogen-bond donors (Lipinski definition) is 2. The number of pyridine rings is 1. The minimum Gasteiger partial charge on any atom is -0.504 e. The molecule has 32 heavy (non-hydrogen) atoms. The fourth-order valence-electron chi connectivity index (χ4n) is 3.81. The maximum absolute atomic E-state index is 12.6. The van der Waals surface area contributed by atoms with Gasteiger partial charge in [-0.3, -0.25) is 4.79 Å². The maximum atomic E-state index is 12.6. The van der Waals surface area contributed by atoms with Crippen molar-refractivity contribution in [1.29, 1.82) is 0 Å². The topological polar surface area (TPSA) is 76.5 Å². The number of aromatic amines is 1. The van der Waals surface area contributed by atoms with Crippen LogP contribution in [0.5, 0.6) is 23.0 Å². The van der Waals surface area contributed by atoms with E-state index in [4.69, 9.17) is 21.1 Å². The number of nitrogens with one attached hydrogen (secondary N) is 1. The summed E-state index contributed by atoms with van der Waals surface area (Å²) < 4.78 is 12.9. The van der Waals surface area contributed by atoms with Crippen LogP contribution in [0.2, 0.25) is 5.02 Å². The Balaban J connectivity index is 1.63. The highest BCUT2D eigenvalue weighted by molar-refractivity contribution is 6.34. The number of ether oxygens (including phenoxy) is 2. The van der Waals surface area contributed by atoms with Crippen molar-refractivity contribution in [2.75, 3.05) is 7.11 Å². The third-order valence-electron chi connectivity index (χ3n) is 5.51. The number of fused-ring (bicyclic) bond motifs is 2. The minimum absolute atomic E-state index is 0.186. The summed E-state index contributed by atoms with van der Waals surface area (Å²) in [7, 11) is 3.55. The second-order valence-corrected chi connectivity index (χ2v) is 7.89. The van der Waals surface area contributed by atoms with E-state index in [2.05, 4.69) is 4.98 Å². The fourth-order valence-corrected chi connectivity index (χ4v) is 4.08. The first-order valence-electron chi connectivity index (χ1n) is 9.90. The molecule has 0 saturated heterocycles. The number of aryl methyl sites for hydroxylation is 1. The van der Waals surface area contributed by atoms with Gasteiger partial charge in [-0.25, -0.2) is 0 Å². The van der Waals surface area contributed by atoms with Gasteiger partial charge in [-0.2, -0.15) is 0 Å². The van der Waals surface area contributed by atoms with Crippen LogP contribution in [0.4, 0.5) is 0 Å². The van der Waals surface area contributed by atoms with E-state index in [0.29, 0.717) is 27.4 Å². The van der Waals surface area contributed by atoms with E-state index in [1.54, 1.807) is 43.5 Å². The number of benzene rings is 3. The van der Waals surface area contributed by atoms with Crippen molar-refractivity contribution in [3.8, 4) is 34.1 Å². The monoisotopic (exact) mass is 446 g/mol. The molecule has 2 aromatic heterocycles. The molecule has 5 rings (SSSR count). The summed E-state index contributed by atoms with van der Waals surface area (Å²) in [5.41, 5.74) is 2.61. The molecule has 0 amide bonds. The molecule has 3 aromatic carbocycles. The van der Waals surface area contributed by atoms with Crippen LogP contribution in [0.15, 0.2) is 71.7 Å². The van der Waals surface area contributed by atoms with Crippen molar-refractivity contribution >= 4 is 33.4 Å². The quantitative estimate of drug-likeness (QED) is 0.363. The summed E-state index contributed by atoms with van der Waals surface area (Å²) in [6, 6.07) is 18.2. The lowest BCUT2D eigenvalue weighted by Crippen LogP contribution is -2.09. The zero-order valence-electron chi connectivity index (χ0n) is 17.3. The van der Waals surface area contributed by atoms with E-state index in [-0.39, 0.29) is 11.5 Å². The summed E-state index contributed by atoms with van der Waals surface area (Å²) in [5, 5.41) is 12.9. The van der Waals surface area contributed by atoms with Crippen molar-refractivity contribution in [3.63, 3.8) is 0 Å². The summed E-state index contributed by atoms with van der Waals surface area (Å²) in [6.07, 6.45) is 2.00. The smallest absolute Gasteiger partial charge is 0.295 e. The zero-order chi connectivity index (χ0) is 22.4. The van der Waals surface area contributed by atoms with E-state index >= 15 is 0 Å². The van der Waals surface area contributed by atoms with Gasteiger partial charge in [0.2, 0.25) is 5.75 Å². The number of nitrogens with zero attached hydrogens (tertiary/aromatic N) is 1. The van der Waals surface area contributed by atoms with Gasteiger partial charge in [0.25, 0.3) is 5.56 Å². The molecule has 2 N–H and O–H groups in total. The van der Waals surface area contributed by atoms with Gasteiger partial charge in [0.15, 0.2) is 5.75 Å². The fraction of sp³-hybridized carbons (Fsp3) is 0.0800. The summed E-state index contributed by atoms with van der Waals surface area (Å²) in [5.74, 6) is 0.617. The molecule has 0 atom stereocenters. The molecule has 0 spiro atoms. The molecule has 7 heteroatoms. The number of methoxy groups -OCH3 is 1. The number of H-pyrrole nitrogens is 1. The first-order valence-corrected chi connectivity index (χ1v) is 10.3. The molecule has 0 fully saturated rings. The van der Waals surface area contributed by atoms with Gasteiger partial charge in [-0.1, -0.05) is 17.7 Å². The Kier molecular flexibility index (Phi) is 4.79. The first kappa shape index (κ1) is 20.0. The van der Waals surface area contributed by atoms with Gasteiger partial charge >= 0.3 is 0 Å². The standard InChI is InChI=1S/C25H19ClN2O4/c1-28-10-9-15-11-14(3-8-22(15)28)18-12-19-21(13-20(18)26)27-25(30)24(23(19)29)32-17-6-4-16(31-2)5-7-17/h3-13H,1-2H3,(H2,27,29,30). The minimum atomic E-state index is -0.555. The van der Waals surface area contributed by atoms with Gasteiger partial charge in [0.1, 0.15) is 11.5 Å². The Labute approximate surface area is 188 Å². The third-order valence-corrected chi connectivity index (χ3v) is 5.82. The summed E-state index contributed by atoms with van der Waals surface area (Å²) in [6.45, 7) is 0. The Morgan fingerprint density at radius 1 is 1.00 bits per heavy atom. The van der Waals surface area contributed by atoms with Crippen molar-refractivity contribution < 1.29 is 14.6 Å². The highest BCUT2D eigenvalue weighted by Crippen LogP contribution is 2.39. The lowest BCUT2D eigenvalue weighted by Gasteiger charge is -2.12. The highest BCUT2D eigenvalue weighted by atomic mass is 35.5.